The van der Waals surface area contributed by atoms with Crippen LogP contribution in [0.2, 0.25) is 0 Å². The summed E-state index contributed by atoms with van der Waals surface area (Å²) in [6.45, 7) is 7.91. The van der Waals surface area contributed by atoms with E-state index in [2.05, 4.69) is 13.8 Å². The van der Waals surface area contributed by atoms with Gasteiger partial charge < -0.3 is 9.64 Å². The molecule has 1 atom stereocenters. The molecule has 0 aliphatic rings. The highest BCUT2D eigenvalue weighted by Crippen LogP contribution is 2.02. The van der Waals surface area contributed by atoms with Gasteiger partial charge in [-0.2, -0.15) is 0 Å². The molecule has 0 saturated heterocycles. The molecule has 3 heteroatoms. The molecule has 0 radical (unpaired) electrons. The van der Waals surface area contributed by atoms with Crippen molar-refractivity contribution < 1.29 is 4.74 Å². The molecule has 0 aromatic rings. The van der Waals surface area contributed by atoms with E-state index in [1.54, 1.807) is 7.11 Å². The van der Waals surface area contributed by atoms with Crippen LogP contribution in [0.5, 0.6) is 0 Å². The monoisotopic (exact) mass is 172 g/mol. The molecule has 0 heterocycles. The molecule has 0 rings (SSSR count). The molecule has 0 spiro atoms. The van der Waals surface area contributed by atoms with Gasteiger partial charge >= 0.3 is 0 Å². The maximum atomic E-state index is 7.80. The quantitative estimate of drug-likeness (QED) is 0.506. The first kappa shape index (κ1) is 11.4. The predicted octanol–water partition coefficient (Wildman–Crippen LogP) is 1.73. The normalized spacial score (nSPS) is 12.7. The van der Waals surface area contributed by atoms with Crippen molar-refractivity contribution >= 4 is 5.84 Å². The summed E-state index contributed by atoms with van der Waals surface area (Å²) in [7, 11) is 1.66. The van der Waals surface area contributed by atoms with Gasteiger partial charge in [0.25, 0.3) is 0 Å². The second-order valence-electron chi connectivity index (χ2n) is 2.69. The van der Waals surface area contributed by atoms with E-state index in [4.69, 9.17) is 10.1 Å². The van der Waals surface area contributed by atoms with Crippen molar-refractivity contribution in [3.8, 4) is 0 Å². The summed E-state index contributed by atoms with van der Waals surface area (Å²) in [6.07, 6.45) is 0.830. The minimum absolute atomic E-state index is 0.0371. The van der Waals surface area contributed by atoms with E-state index in [1.165, 1.54) is 0 Å². The molecule has 72 valence electrons. The zero-order valence-corrected chi connectivity index (χ0v) is 8.55. The Balaban J connectivity index is 4.12. The largest absolute Gasteiger partial charge is 0.374 e. The van der Waals surface area contributed by atoms with Gasteiger partial charge in [0.05, 0.1) is 0 Å². The molecule has 0 aromatic heterocycles. The summed E-state index contributed by atoms with van der Waals surface area (Å²) in [4.78, 5) is 2.01. The van der Waals surface area contributed by atoms with Crippen molar-refractivity contribution in [2.24, 2.45) is 0 Å². The summed E-state index contributed by atoms with van der Waals surface area (Å²) in [5, 5.41) is 7.80. The molecule has 0 fully saturated rings. The number of methoxy groups -OCH3 is 1. The van der Waals surface area contributed by atoms with Gasteiger partial charge in [0.2, 0.25) is 0 Å². The lowest BCUT2D eigenvalue weighted by atomic mass is 10.2. The second kappa shape index (κ2) is 6.00. The van der Waals surface area contributed by atoms with Gasteiger partial charge in [0.1, 0.15) is 11.9 Å². The van der Waals surface area contributed by atoms with E-state index in [0.717, 1.165) is 19.5 Å². The maximum absolute atomic E-state index is 7.80. The Kier molecular flexibility index (Phi) is 5.72. The molecule has 3 nitrogen and oxygen atoms in total. The highest BCUT2D eigenvalue weighted by Gasteiger charge is 2.15. The fourth-order valence-corrected chi connectivity index (χ4v) is 1.24. The molecule has 0 saturated carbocycles. The van der Waals surface area contributed by atoms with Gasteiger partial charge in [-0.15, -0.1) is 0 Å². The van der Waals surface area contributed by atoms with Crippen LogP contribution in [-0.2, 0) is 4.74 Å². The van der Waals surface area contributed by atoms with Crippen molar-refractivity contribution in [2.75, 3.05) is 20.2 Å². The van der Waals surface area contributed by atoms with Gasteiger partial charge in [-0.1, -0.05) is 6.92 Å². The Morgan fingerprint density at radius 1 is 1.33 bits per heavy atom. The molecule has 1 unspecified atom stereocenters. The summed E-state index contributed by atoms with van der Waals surface area (Å²) in [5.41, 5.74) is 0. The maximum Gasteiger partial charge on any atom is 0.126 e. The number of hydrogen-bond donors (Lipinski definition) is 1. The SMILES string of the molecule is CCC(OC)C(=N)N(CC)CC. The van der Waals surface area contributed by atoms with E-state index in [0.29, 0.717) is 5.84 Å². The van der Waals surface area contributed by atoms with Crippen molar-refractivity contribution in [2.45, 2.75) is 33.3 Å². The molecular formula is C9H20N2O. The third-order valence-corrected chi connectivity index (χ3v) is 2.06. The van der Waals surface area contributed by atoms with Gasteiger partial charge in [-0.25, -0.2) is 0 Å². The van der Waals surface area contributed by atoms with Crippen molar-refractivity contribution in [1.82, 2.24) is 4.90 Å². The van der Waals surface area contributed by atoms with Crippen molar-refractivity contribution in [3.63, 3.8) is 0 Å². The minimum Gasteiger partial charge on any atom is -0.374 e. The number of rotatable bonds is 5. The fourth-order valence-electron chi connectivity index (χ4n) is 1.24. The van der Waals surface area contributed by atoms with E-state index in [9.17, 15) is 0 Å². The third kappa shape index (κ3) is 2.81. The van der Waals surface area contributed by atoms with Crippen LogP contribution < -0.4 is 0 Å². The summed E-state index contributed by atoms with van der Waals surface area (Å²) < 4.78 is 5.18. The Bertz CT molecular complexity index is 114. The molecule has 0 aliphatic carbocycles. The number of amidine groups is 1. The van der Waals surface area contributed by atoms with Crippen LogP contribution in [0, 0.1) is 5.41 Å². The van der Waals surface area contributed by atoms with E-state index in [1.807, 2.05) is 11.8 Å². The highest BCUT2D eigenvalue weighted by atomic mass is 16.5. The molecule has 1 N–H and O–H groups in total. The standard InChI is InChI=1S/C9H20N2O/c1-5-8(12-4)9(10)11(6-2)7-3/h8,10H,5-7H2,1-4H3. The molecule has 12 heavy (non-hydrogen) atoms. The smallest absolute Gasteiger partial charge is 0.126 e. The summed E-state index contributed by atoms with van der Waals surface area (Å²) in [6, 6.07) is 0. The van der Waals surface area contributed by atoms with Gasteiger partial charge in [-0.05, 0) is 20.3 Å². The zero-order chi connectivity index (χ0) is 9.56. The van der Waals surface area contributed by atoms with Gasteiger partial charge in [-0.3, -0.25) is 5.41 Å². The number of nitrogens with zero attached hydrogens (tertiary/aromatic N) is 1. The molecule has 0 bridgehead atoms. The Labute approximate surface area is 75.2 Å². The zero-order valence-electron chi connectivity index (χ0n) is 8.55. The second-order valence-corrected chi connectivity index (χ2v) is 2.69. The lowest BCUT2D eigenvalue weighted by Gasteiger charge is -2.26. The fraction of sp³-hybridized carbons (Fsp3) is 0.889. The van der Waals surface area contributed by atoms with Gasteiger partial charge in [0, 0.05) is 20.2 Å². The first-order valence-electron chi connectivity index (χ1n) is 4.57. The number of nitrogens with one attached hydrogen (secondary N) is 1. The topological polar surface area (TPSA) is 36.3 Å². The van der Waals surface area contributed by atoms with Crippen LogP contribution in [0.3, 0.4) is 0 Å². The van der Waals surface area contributed by atoms with Crippen molar-refractivity contribution in [1.29, 1.82) is 5.41 Å². The highest BCUT2D eigenvalue weighted by molar-refractivity contribution is 5.83. The van der Waals surface area contributed by atoms with Crippen LogP contribution in [0.4, 0.5) is 0 Å². The molecule has 0 amide bonds. The van der Waals surface area contributed by atoms with Crippen LogP contribution >= 0.6 is 0 Å². The molecule has 0 aromatic carbocycles. The van der Waals surface area contributed by atoms with Crippen LogP contribution in [0.25, 0.3) is 0 Å². The molecular weight excluding hydrogens is 152 g/mol. The van der Waals surface area contributed by atoms with Crippen LogP contribution in [0.15, 0.2) is 0 Å². The first-order valence-corrected chi connectivity index (χ1v) is 4.57. The van der Waals surface area contributed by atoms with Gasteiger partial charge in [0.15, 0.2) is 0 Å². The van der Waals surface area contributed by atoms with E-state index < -0.39 is 0 Å². The minimum atomic E-state index is -0.0371. The Morgan fingerprint density at radius 2 is 1.83 bits per heavy atom. The number of hydrogen-bond acceptors (Lipinski definition) is 2. The lowest BCUT2D eigenvalue weighted by Crippen LogP contribution is -2.38. The summed E-state index contributed by atoms with van der Waals surface area (Å²) >= 11 is 0. The Morgan fingerprint density at radius 3 is 2.08 bits per heavy atom. The number of ether oxygens (including phenoxy) is 1. The van der Waals surface area contributed by atoms with E-state index in [-0.39, 0.29) is 6.10 Å². The summed E-state index contributed by atoms with van der Waals surface area (Å²) in [5.74, 6) is 0.602. The Hall–Kier alpha value is -0.570. The number of likely N-dealkylation sites (N-methyl/N-ethyl adjacent to an activating group) is 1. The van der Waals surface area contributed by atoms with E-state index >= 15 is 0 Å². The predicted molar refractivity (Wildman–Crippen MR) is 51.7 cm³/mol. The van der Waals surface area contributed by atoms with Crippen LogP contribution in [-0.4, -0.2) is 37.0 Å². The average molecular weight is 172 g/mol. The third-order valence-electron chi connectivity index (χ3n) is 2.06. The molecule has 0 aliphatic heterocycles. The van der Waals surface area contributed by atoms with Crippen molar-refractivity contribution in [3.05, 3.63) is 0 Å². The first-order chi connectivity index (χ1) is 5.71. The lowest BCUT2D eigenvalue weighted by molar-refractivity contribution is 0.139. The average Bonchev–Trinajstić information content (AvgIpc) is 2.09. The van der Waals surface area contributed by atoms with Crippen LogP contribution in [0.1, 0.15) is 27.2 Å².